The number of nitrogens with one attached hydrogen (secondary N) is 3. The molecule has 2 saturated heterocycles. The minimum Gasteiger partial charge on any atom is -0.551 e. The zero-order valence-corrected chi connectivity index (χ0v) is 45.8. The van der Waals surface area contributed by atoms with Crippen molar-refractivity contribution in [1.29, 1.82) is 0 Å². The van der Waals surface area contributed by atoms with Gasteiger partial charge in [-0.25, -0.2) is 0 Å². The van der Waals surface area contributed by atoms with Crippen molar-refractivity contribution >= 4 is 83.8 Å². The van der Waals surface area contributed by atoms with E-state index in [9.17, 15) is 43.2 Å². The van der Waals surface area contributed by atoms with Gasteiger partial charge in [-0.3, -0.25) is 43.2 Å². The highest BCUT2D eigenvalue weighted by atomic mass is 27.3. The Morgan fingerprint density at radius 3 is 1.18 bits per heavy atom. The van der Waals surface area contributed by atoms with Gasteiger partial charge in [-0.1, -0.05) is 175 Å². The molecule has 0 saturated carbocycles. The van der Waals surface area contributed by atoms with Gasteiger partial charge in [0.2, 0.25) is 17.7 Å². The molecule has 0 aromatic carbocycles. The molecule has 3 amide bonds. The number of carbonyl (C=O) groups excluding carboxylic acids is 9. The molecule has 0 bridgehead atoms. The van der Waals surface area contributed by atoms with E-state index < -0.39 is 103 Å². The second-order valence-corrected chi connectivity index (χ2v) is 21.6. The average molecular weight is 1040 g/mol. The number of rotatable bonds is 39. The van der Waals surface area contributed by atoms with Crippen molar-refractivity contribution in [3.8, 4) is 0 Å². The van der Waals surface area contributed by atoms with Crippen LogP contribution >= 0.6 is 0 Å². The van der Waals surface area contributed by atoms with E-state index in [0.29, 0.717) is 19.3 Å². The molecule has 2 heterocycles. The Morgan fingerprint density at radius 1 is 0.465 bits per heavy atom. The lowest BCUT2D eigenvalue weighted by Gasteiger charge is -2.24. The fraction of sp³-hybridized carbons (Fsp3) is 0.824. The SMILES string of the molecule is CCCCCCCCCCCC(=O)N[C@H]1CCC(=O)[O][Al]([O]C(=O)CC[C@H](NC(=O)CCCCCCCCCCC)C(=O)[O][Al]2[O]C(=O)CC[C@@H](NC(=O)CCCCCCCCCCC)C(=O)[O]2)[O]C1=O. The highest BCUT2D eigenvalue weighted by Gasteiger charge is 2.53. The maximum atomic E-state index is 13.7. The Labute approximate surface area is 433 Å². The monoisotopic (exact) mass is 1040 g/mol. The highest BCUT2D eigenvalue weighted by Crippen LogP contribution is 2.17. The Balaban J connectivity index is 1.99. The van der Waals surface area contributed by atoms with Crippen molar-refractivity contribution in [3.63, 3.8) is 0 Å². The van der Waals surface area contributed by atoms with Crippen molar-refractivity contribution in [2.45, 2.75) is 270 Å². The van der Waals surface area contributed by atoms with Crippen molar-refractivity contribution in [3.05, 3.63) is 0 Å². The summed E-state index contributed by atoms with van der Waals surface area (Å²) >= 11 is -7.68. The van der Waals surface area contributed by atoms with Gasteiger partial charge < -0.3 is 38.7 Å². The number of carbonyl (C=O) groups is 9. The van der Waals surface area contributed by atoms with Gasteiger partial charge in [-0.15, -0.1) is 0 Å². The molecule has 71 heavy (non-hydrogen) atoms. The van der Waals surface area contributed by atoms with Gasteiger partial charge in [0.15, 0.2) is 0 Å². The first-order valence-electron chi connectivity index (χ1n) is 27.4. The Hall–Kier alpha value is -3.71. The summed E-state index contributed by atoms with van der Waals surface area (Å²) in [5, 5.41) is 7.83. The first-order chi connectivity index (χ1) is 34.3. The predicted octanol–water partition coefficient (Wildman–Crippen LogP) is 8.80. The van der Waals surface area contributed by atoms with E-state index in [0.717, 1.165) is 83.5 Å². The summed E-state index contributed by atoms with van der Waals surface area (Å²) in [6.07, 6.45) is 27.3. The van der Waals surface area contributed by atoms with Gasteiger partial charge in [0.05, 0.1) is 0 Å². The first kappa shape index (κ1) is 63.4. The molecule has 2 rings (SSSR count). The summed E-state index contributed by atoms with van der Waals surface area (Å²) in [7, 11) is 0. The Morgan fingerprint density at radius 2 is 0.803 bits per heavy atom. The van der Waals surface area contributed by atoms with E-state index in [1.165, 1.54) is 70.6 Å². The zero-order valence-electron chi connectivity index (χ0n) is 43.5. The number of hydrogen-bond donors (Lipinski definition) is 3. The molecule has 402 valence electrons. The summed E-state index contributed by atoms with van der Waals surface area (Å²) in [5.74, 6) is -6.90. The molecule has 2 fully saturated rings. The van der Waals surface area contributed by atoms with E-state index >= 15 is 0 Å². The van der Waals surface area contributed by atoms with E-state index in [1.807, 2.05) is 0 Å². The minimum absolute atomic E-state index is 0.0626. The van der Waals surface area contributed by atoms with Crippen LogP contribution < -0.4 is 16.0 Å². The molecular formula is C51H87Al2N3O15. The third-order valence-corrected chi connectivity index (χ3v) is 15.3. The zero-order chi connectivity index (χ0) is 51.9. The van der Waals surface area contributed by atoms with Crippen LogP contribution in [-0.2, 0) is 65.9 Å². The molecule has 2 aliphatic heterocycles. The van der Waals surface area contributed by atoms with Crippen LogP contribution in [0.4, 0.5) is 0 Å². The molecule has 20 heteroatoms. The maximum Gasteiger partial charge on any atom is 1.20 e. The molecule has 0 aromatic heterocycles. The van der Waals surface area contributed by atoms with E-state index in [-0.39, 0.29) is 56.8 Å². The van der Waals surface area contributed by atoms with Crippen LogP contribution in [0.1, 0.15) is 252 Å². The summed E-state index contributed by atoms with van der Waals surface area (Å²) in [6, 6.07) is -3.84. The van der Waals surface area contributed by atoms with Gasteiger partial charge in [-0.05, 0) is 38.5 Å². The van der Waals surface area contributed by atoms with Crippen LogP contribution in [0.3, 0.4) is 0 Å². The van der Waals surface area contributed by atoms with Crippen LogP contribution in [0.25, 0.3) is 0 Å². The smallest absolute Gasteiger partial charge is 0.551 e. The van der Waals surface area contributed by atoms with Gasteiger partial charge >= 0.3 is 30.3 Å². The second kappa shape index (κ2) is 40.7. The molecule has 0 aliphatic carbocycles. The van der Waals surface area contributed by atoms with Gasteiger partial charge in [-0.2, -0.15) is 0 Å². The molecule has 0 aromatic rings. The lowest BCUT2D eigenvalue weighted by atomic mass is 10.1. The van der Waals surface area contributed by atoms with Gasteiger partial charge in [0.1, 0.15) is 18.1 Å². The molecule has 3 N–H and O–H groups in total. The van der Waals surface area contributed by atoms with E-state index in [1.54, 1.807) is 0 Å². The Kier molecular flexibility index (Phi) is 36.4. The van der Waals surface area contributed by atoms with Crippen LogP contribution in [0, 0.1) is 0 Å². The van der Waals surface area contributed by atoms with Crippen LogP contribution in [0.15, 0.2) is 0 Å². The highest BCUT2D eigenvalue weighted by molar-refractivity contribution is 6.45. The summed E-state index contributed by atoms with van der Waals surface area (Å²) in [5.41, 5.74) is 0. The maximum absolute atomic E-state index is 13.7. The van der Waals surface area contributed by atoms with Crippen molar-refractivity contribution in [1.82, 2.24) is 16.0 Å². The fourth-order valence-corrected chi connectivity index (χ4v) is 10.6. The summed E-state index contributed by atoms with van der Waals surface area (Å²) in [4.78, 5) is 117. The van der Waals surface area contributed by atoms with Gasteiger partial charge in [0, 0.05) is 38.5 Å². The van der Waals surface area contributed by atoms with Crippen LogP contribution in [0.5, 0.6) is 0 Å². The third kappa shape index (κ3) is 32.2. The number of unbranched alkanes of at least 4 members (excludes halogenated alkanes) is 24. The molecule has 0 spiro atoms. The molecule has 0 unspecified atom stereocenters. The van der Waals surface area contributed by atoms with Crippen molar-refractivity contribution in [2.75, 3.05) is 0 Å². The molecule has 2 aliphatic rings. The lowest BCUT2D eigenvalue weighted by Crippen LogP contribution is -2.50. The second-order valence-electron chi connectivity index (χ2n) is 19.1. The quantitative estimate of drug-likeness (QED) is 0.0385. The third-order valence-electron chi connectivity index (χ3n) is 12.6. The summed E-state index contributed by atoms with van der Waals surface area (Å²) < 4.78 is 31.8. The Bertz CT molecular complexity index is 1600. The normalized spacial score (nSPS) is 16.7. The van der Waals surface area contributed by atoms with Gasteiger partial charge in [0.25, 0.3) is 35.8 Å². The molecule has 18 nitrogen and oxygen atoms in total. The lowest BCUT2D eigenvalue weighted by molar-refractivity contribution is -0.154. The number of amides is 3. The molecular weight excluding hydrogens is 949 g/mol. The largest absolute Gasteiger partial charge is 1.20 e. The molecule has 0 radical (unpaired) electrons. The predicted molar refractivity (Wildman–Crippen MR) is 267 cm³/mol. The van der Waals surface area contributed by atoms with E-state index in [2.05, 4.69) is 36.7 Å². The van der Waals surface area contributed by atoms with Crippen LogP contribution in [-0.4, -0.2) is 102 Å². The van der Waals surface area contributed by atoms with Crippen molar-refractivity contribution in [2.24, 2.45) is 0 Å². The average Bonchev–Trinajstić information content (AvgIpc) is 3.32. The number of hydrogen-bond acceptors (Lipinski definition) is 15. The summed E-state index contributed by atoms with van der Waals surface area (Å²) in [6.45, 7) is 6.52. The first-order valence-corrected chi connectivity index (χ1v) is 30.3. The van der Waals surface area contributed by atoms with E-state index in [4.69, 9.17) is 22.7 Å². The van der Waals surface area contributed by atoms with Crippen molar-refractivity contribution < 1.29 is 65.9 Å². The topological polar surface area (TPSA) is 245 Å². The van der Waals surface area contributed by atoms with Crippen LogP contribution in [0.2, 0.25) is 0 Å². The molecule has 3 atom stereocenters. The fourth-order valence-electron chi connectivity index (χ4n) is 8.30. The standard InChI is InChI=1S/3C17H31NO5.2Al/c3*1-2-3-4-5-6-7-8-9-10-11-15(19)18-14(17(22)23)12-13-16(20)21;;/h3*14H,2-13H2,1H3,(H,18,19)(H,20,21)(H,22,23);;/q;;;2*+3/p-6/t3*14-;;/m100../s1. The minimum atomic E-state index is -3.89.